The molecule has 0 amide bonds. The Labute approximate surface area is 133 Å². The predicted molar refractivity (Wildman–Crippen MR) is 84.1 cm³/mol. The molecule has 122 valence electrons. The van der Waals surface area contributed by atoms with Crippen LogP contribution in [0.15, 0.2) is 11.3 Å². The second-order valence-electron chi connectivity index (χ2n) is 9.40. The van der Waals surface area contributed by atoms with Crippen LogP contribution in [0.3, 0.4) is 0 Å². The van der Waals surface area contributed by atoms with Crippen molar-refractivity contribution in [3.63, 3.8) is 0 Å². The van der Waals surface area contributed by atoms with Crippen molar-refractivity contribution in [3.8, 4) is 0 Å². The molecule has 0 saturated heterocycles. The first kappa shape index (κ1) is 14.7. The molecule has 1 N–H and O–H groups in total. The fourth-order valence-corrected chi connectivity index (χ4v) is 6.04. The topological polar surface area (TPSA) is 46.5 Å². The Morgan fingerprint density at radius 1 is 1.18 bits per heavy atom. The van der Waals surface area contributed by atoms with Crippen LogP contribution in [0.25, 0.3) is 0 Å². The maximum Gasteiger partial charge on any atom is 0.163 e. The van der Waals surface area contributed by atoms with Gasteiger partial charge in [0.15, 0.2) is 5.78 Å². The molecule has 0 aromatic rings. The number of carbonyl (C=O) groups excluding carboxylic acids is 1. The lowest BCUT2D eigenvalue weighted by Gasteiger charge is -2.65. The quantitative estimate of drug-likeness (QED) is 0.850. The summed E-state index contributed by atoms with van der Waals surface area (Å²) in [4.78, 5) is 12.8. The Morgan fingerprint density at radius 3 is 2.55 bits per heavy atom. The summed E-state index contributed by atoms with van der Waals surface area (Å²) in [6, 6.07) is 0. The van der Waals surface area contributed by atoms with E-state index in [1.807, 2.05) is 0 Å². The van der Waals surface area contributed by atoms with Crippen LogP contribution in [0.1, 0.15) is 59.8 Å². The fourth-order valence-electron chi connectivity index (χ4n) is 6.04. The van der Waals surface area contributed by atoms with Crippen molar-refractivity contribution in [2.45, 2.75) is 65.4 Å². The molecular weight excluding hydrogens is 276 g/mol. The average Bonchev–Trinajstić information content (AvgIpc) is 2.70. The van der Waals surface area contributed by atoms with Crippen LogP contribution < -0.4 is 0 Å². The molecule has 4 atom stereocenters. The minimum absolute atomic E-state index is 0.00227. The number of rotatable bonds is 2. The summed E-state index contributed by atoms with van der Waals surface area (Å²) in [6.45, 7) is 9.14. The van der Waals surface area contributed by atoms with Gasteiger partial charge in [-0.3, -0.25) is 4.79 Å². The van der Waals surface area contributed by atoms with E-state index in [2.05, 4.69) is 27.7 Å². The lowest BCUT2D eigenvalue weighted by atomic mass is 9.40. The summed E-state index contributed by atoms with van der Waals surface area (Å²) in [7, 11) is 0. The minimum Gasteiger partial charge on any atom is -0.490 e. The molecule has 0 unspecified atom stereocenters. The zero-order valence-corrected chi connectivity index (χ0v) is 14.2. The van der Waals surface area contributed by atoms with Crippen molar-refractivity contribution in [1.82, 2.24) is 0 Å². The van der Waals surface area contributed by atoms with E-state index in [0.29, 0.717) is 30.5 Å². The first-order valence-corrected chi connectivity index (χ1v) is 8.77. The van der Waals surface area contributed by atoms with Crippen LogP contribution >= 0.6 is 0 Å². The number of ketones is 1. The maximum absolute atomic E-state index is 12.8. The third-order valence-corrected chi connectivity index (χ3v) is 7.21. The molecule has 1 aliphatic heterocycles. The maximum atomic E-state index is 12.8. The van der Waals surface area contributed by atoms with Gasteiger partial charge in [-0.2, -0.15) is 0 Å². The fraction of sp³-hybridized carbons (Fsp3) is 0.842. The van der Waals surface area contributed by atoms with Crippen molar-refractivity contribution in [3.05, 3.63) is 11.3 Å². The number of allylic oxidation sites excluding steroid dienone is 1. The Hall–Kier alpha value is -0.830. The number of ether oxygens (including phenoxy) is 1. The Bertz CT molecular complexity index is 571. The van der Waals surface area contributed by atoms with Gasteiger partial charge in [0.2, 0.25) is 0 Å². The zero-order chi connectivity index (χ0) is 15.9. The van der Waals surface area contributed by atoms with Gasteiger partial charge in [-0.05, 0) is 29.6 Å². The van der Waals surface area contributed by atoms with E-state index in [1.165, 1.54) is 6.42 Å². The molecule has 1 heterocycles. The standard InChI is InChI=1S/C19H28O3/c1-17(2)9-13(21)16-12-7-11-8-15(18(11,3)4)19(12,5-6-20)22-14(16)10-17/h11-12,15,20H,5-10H2,1-4H3/t11-,12-,15-,19+/m1/s1. The Kier molecular flexibility index (Phi) is 2.79. The highest BCUT2D eigenvalue weighted by atomic mass is 16.5. The normalized spacial score (nSPS) is 44.0. The van der Waals surface area contributed by atoms with E-state index in [4.69, 9.17) is 4.74 Å². The van der Waals surface area contributed by atoms with Gasteiger partial charge in [-0.15, -0.1) is 0 Å². The van der Waals surface area contributed by atoms with Gasteiger partial charge in [0.25, 0.3) is 0 Å². The molecule has 5 aliphatic rings. The number of aliphatic hydroxyl groups excluding tert-OH is 1. The summed E-state index contributed by atoms with van der Waals surface area (Å²) in [5.74, 6) is 2.66. The van der Waals surface area contributed by atoms with E-state index >= 15 is 0 Å². The van der Waals surface area contributed by atoms with Crippen molar-refractivity contribution >= 4 is 5.78 Å². The summed E-state index contributed by atoms with van der Waals surface area (Å²) in [6.07, 6.45) is 4.44. The van der Waals surface area contributed by atoms with Crippen molar-refractivity contribution < 1.29 is 14.6 Å². The summed E-state index contributed by atoms with van der Waals surface area (Å²) in [5.41, 5.74) is 0.965. The molecule has 0 aromatic carbocycles. The number of Topliss-reactive ketones (excluding diaryl/α,β-unsaturated/α-hetero) is 1. The van der Waals surface area contributed by atoms with Gasteiger partial charge in [-0.1, -0.05) is 27.7 Å². The van der Waals surface area contributed by atoms with E-state index < -0.39 is 0 Å². The van der Waals surface area contributed by atoms with Crippen LogP contribution in [0.4, 0.5) is 0 Å². The number of aliphatic hydroxyl groups is 1. The molecule has 2 bridgehead atoms. The summed E-state index contributed by atoms with van der Waals surface area (Å²) < 4.78 is 6.59. The van der Waals surface area contributed by atoms with Crippen molar-refractivity contribution in [2.75, 3.05) is 6.61 Å². The molecule has 3 heteroatoms. The van der Waals surface area contributed by atoms with Crippen LogP contribution in [0.5, 0.6) is 0 Å². The van der Waals surface area contributed by atoms with Crippen LogP contribution in [-0.4, -0.2) is 23.1 Å². The molecule has 3 saturated carbocycles. The van der Waals surface area contributed by atoms with Gasteiger partial charge < -0.3 is 9.84 Å². The molecule has 22 heavy (non-hydrogen) atoms. The first-order chi connectivity index (χ1) is 10.2. The third-order valence-electron chi connectivity index (χ3n) is 7.21. The highest BCUT2D eigenvalue weighted by molar-refractivity contribution is 5.98. The van der Waals surface area contributed by atoms with E-state index in [1.54, 1.807) is 0 Å². The first-order valence-electron chi connectivity index (χ1n) is 8.77. The van der Waals surface area contributed by atoms with Crippen LogP contribution in [0, 0.1) is 28.6 Å². The molecule has 0 aromatic heterocycles. The second-order valence-corrected chi connectivity index (χ2v) is 9.40. The highest BCUT2D eigenvalue weighted by Gasteiger charge is 2.70. The second kappa shape index (κ2) is 4.17. The lowest BCUT2D eigenvalue weighted by molar-refractivity contribution is -0.225. The number of hydrogen-bond acceptors (Lipinski definition) is 3. The largest absolute Gasteiger partial charge is 0.490 e. The minimum atomic E-state index is -0.312. The summed E-state index contributed by atoms with van der Waals surface area (Å²) in [5, 5.41) is 9.68. The van der Waals surface area contributed by atoms with Crippen molar-refractivity contribution in [2.24, 2.45) is 28.6 Å². The van der Waals surface area contributed by atoms with Gasteiger partial charge >= 0.3 is 0 Å². The summed E-state index contributed by atoms with van der Waals surface area (Å²) >= 11 is 0. The Morgan fingerprint density at radius 2 is 1.91 bits per heavy atom. The molecule has 3 nitrogen and oxygen atoms in total. The van der Waals surface area contributed by atoms with Gasteiger partial charge in [0, 0.05) is 43.3 Å². The van der Waals surface area contributed by atoms with Gasteiger partial charge in [0.05, 0.1) is 0 Å². The molecule has 0 radical (unpaired) electrons. The van der Waals surface area contributed by atoms with E-state index in [0.717, 1.165) is 24.2 Å². The average molecular weight is 304 g/mol. The van der Waals surface area contributed by atoms with Gasteiger partial charge in [0.1, 0.15) is 11.4 Å². The third kappa shape index (κ3) is 1.64. The monoisotopic (exact) mass is 304 g/mol. The van der Waals surface area contributed by atoms with Crippen molar-refractivity contribution in [1.29, 1.82) is 0 Å². The van der Waals surface area contributed by atoms with E-state index in [-0.39, 0.29) is 29.0 Å². The number of hydrogen-bond donors (Lipinski definition) is 1. The zero-order valence-electron chi connectivity index (χ0n) is 14.2. The van der Waals surface area contributed by atoms with E-state index in [9.17, 15) is 9.90 Å². The molecule has 3 fully saturated rings. The lowest BCUT2D eigenvalue weighted by Crippen LogP contribution is -2.65. The molecular formula is C19H28O3. The van der Waals surface area contributed by atoms with Gasteiger partial charge in [-0.25, -0.2) is 0 Å². The SMILES string of the molecule is CC1(C)CC(=O)C2=C(C1)O[C@@]1(CCO)[C@@H]2C[C@@H]2C[C@@H]1C2(C)C. The molecule has 5 rings (SSSR count). The smallest absolute Gasteiger partial charge is 0.163 e. The highest BCUT2D eigenvalue weighted by Crippen LogP contribution is 2.70. The molecule has 0 spiro atoms. The molecule has 4 aliphatic carbocycles. The number of carbonyl (C=O) groups is 1. The predicted octanol–water partition coefficient (Wildman–Crippen LogP) is 3.46. The Balaban J connectivity index is 1.77. The van der Waals surface area contributed by atoms with Crippen LogP contribution in [0.2, 0.25) is 0 Å². The van der Waals surface area contributed by atoms with Crippen LogP contribution in [-0.2, 0) is 9.53 Å².